The first-order chi connectivity index (χ1) is 13.6. The minimum absolute atomic E-state index is 0.0574. The summed E-state index contributed by atoms with van der Waals surface area (Å²) >= 11 is 1.65. The SMILES string of the molecule is CCCCCSc1nc2ccccc2n1CC(=O)Nc1cccc([N+](=O)[O-])c1. The van der Waals surface area contributed by atoms with Crippen molar-refractivity contribution in [3.63, 3.8) is 0 Å². The van der Waals surface area contributed by atoms with Gasteiger partial charge in [-0.15, -0.1) is 0 Å². The monoisotopic (exact) mass is 398 g/mol. The molecule has 0 fully saturated rings. The minimum Gasteiger partial charge on any atom is -0.324 e. The van der Waals surface area contributed by atoms with Gasteiger partial charge in [0.05, 0.1) is 16.0 Å². The van der Waals surface area contributed by atoms with E-state index >= 15 is 0 Å². The molecule has 8 heteroatoms. The Hall–Kier alpha value is -2.87. The van der Waals surface area contributed by atoms with Gasteiger partial charge in [0.25, 0.3) is 5.69 Å². The third-order valence-electron chi connectivity index (χ3n) is 4.24. The Bertz CT molecular complexity index is 986. The van der Waals surface area contributed by atoms with Crippen LogP contribution in [0.25, 0.3) is 11.0 Å². The van der Waals surface area contributed by atoms with Crippen LogP contribution in [0.3, 0.4) is 0 Å². The molecular formula is C20H22N4O3S. The lowest BCUT2D eigenvalue weighted by atomic mass is 10.3. The quantitative estimate of drug-likeness (QED) is 0.240. The number of carbonyl (C=O) groups excluding carboxylic acids is 1. The topological polar surface area (TPSA) is 90.1 Å². The fraction of sp³-hybridized carbons (Fsp3) is 0.300. The van der Waals surface area contributed by atoms with Gasteiger partial charge in [-0.2, -0.15) is 0 Å². The molecule has 0 aliphatic heterocycles. The number of hydrogen-bond acceptors (Lipinski definition) is 5. The Kier molecular flexibility index (Phi) is 6.65. The van der Waals surface area contributed by atoms with E-state index in [9.17, 15) is 14.9 Å². The number of imidazole rings is 1. The lowest BCUT2D eigenvalue weighted by Gasteiger charge is -2.10. The normalized spacial score (nSPS) is 10.9. The average Bonchev–Trinajstić information content (AvgIpc) is 3.03. The lowest BCUT2D eigenvalue weighted by Crippen LogP contribution is -2.19. The number of aromatic nitrogens is 2. The number of nitrogens with zero attached hydrogens (tertiary/aromatic N) is 3. The van der Waals surface area contributed by atoms with Crippen LogP contribution >= 0.6 is 11.8 Å². The molecule has 0 atom stereocenters. The van der Waals surface area contributed by atoms with Gasteiger partial charge in [-0.05, 0) is 24.6 Å². The Morgan fingerprint density at radius 1 is 1.21 bits per heavy atom. The highest BCUT2D eigenvalue weighted by Crippen LogP contribution is 2.25. The number of unbranched alkanes of at least 4 members (excludes halogenated alkanes) is 2. The Morgan fingerprint density at radius 2 is 2.04 bits per heavy atom. The molecule has 0 bridgehead atoms. The number of para-hydroxylation sites is 2. The van der Waals surface area contributed by atoms with E-state index < -0.39 is 4.92 Å². The molecule has 0 radical (unpaired) electrons. The molecule has 2 aromatic carbocycles. The first-order valence-corrected chi connectivity index (χ1v) is 10.2. The van der Waals surface area contributed by atoms with Gasteiger partial charge < -0.3 is 9.88 Å². The molecule has 0 saturated carbocycles. The number of benzene rings is 2. The van der Waals surface area contributed by atoms with Crippen molar-refractivity contribution < 1.29 is 9.72 Å². The summed E-state index contributed by atoms with van der Waals surface area (Å²) in [6, 6.07) is 13.7. The van der Waals surface area contributed by atoms with Gasteiger partial charge in [-0.1, -0.05) is 49.7 Å². The Balaban J connectivity index is 1.77. The smallest absolute Gasteiger partial charge is 0.271 e. The number of nitro benzene ring substituents is 1. The van der Waals surface area contributed by atoms with Crippen molar-refractivity contribution in [1.29, 1.82) is 0 Å². The van der Waals surface area contributed by atoms with Crippen molar-refractivity contribution in [2.24, 2.45) is 0 Å². The number of non-ortho nitro benzene ring substituents is 1. The zero-order valence-electron chi connectivity index (χ0n) is 15.6. The van der Waals surface area contributed by atoms with Gasteiger partial charge in [0.1, 0.15) is 6.54 Å². The van der Waals surface area contributed by atoms with E-state index in [2.05, 4.69) is 17.2 Å². The second-order valence-electron chi connectivity index (χ2n) is 6.38. The number of anilines is 1. The highest BCUT2D eigenvalue weighted by molar-refractivity contribution is 7.99. The number of thioether (sulfide) groups is 1. The second-order valence-corrected chi connectivity index (χ2v) is 7.44. The molecule has 0 aliphatic carbocycles. The molecule has 0 saturated heterocycles. The summed E-state index contributed by atoms with van der Waals surface area (Å²) in [5.41, 5.74) is 2.09. The molecule has 3 rings (SSSR count). The summed E-state index contributed by atoms with van der Waals surface area (Å²) in [6.07, 6.45) is 3.42. The molecular weight excluding hydrogens is 376 g/mol. The van der Waals surface area contributed by atoms with Crippen LogP contribution in [0.15, 0.2) is 53.7 Å². The van der Waals surface area contributed by atoms with Crippen LogP contribution in [0.1, 0.15) is 26.2 Å². The van der Waals surface area contributed by atoms with E-state index in [4.69, 9.17) is 0 Å². The van der Waals surface area contributed by atoms with Crippen LogP contribution in [0.2, 0.25) is 0 Å². The van der Waals surface area contributed by atoms with Crippen LogP contribution in [0.4, 0.5) is 11.4 Å². The van der Waals surface area contributed by atoms with Crippen LogP contribution in [0.5, 0.6) is 0 Å². The van der Waals surface area contributed by atoms with Crippen molar-refractivity contribution in [1.82, 2.24) is 9.55 Å². The number of hydrogen-bond donors (Lipinski definition) is 1. The maximum Gasteiger partial charge on any atom is 0.271 e. The summed E-state index contributed by atoms with van der Waals surface area (Å²) < 4.78 is 1.90. The van der Waals surface area contributed by atoms with Gasteiger partial charge in [-0.25, -0.2) is 4.98 Å². The van der Waals surface area contributed by atoms with Gasteiger partial charge in [-0.3, -0.25) is 14.9 Å². The Labute approximate surface area is 167 Å². The van der Waals surface area contributed by atoms with Crippen molar-refractivity contribution in [2.75, 3.05) is 11.1 Å². The fourth-order valence-corrected chi connectivity index (χ4v) is 3.89. The summed E-state index contributed by atoms with van der Waals surface area (Å²) in [5, 5.41) is 14.5. The van der Waals surface area contributed by atoms with E-state index in [0.29, 0.717) is 5.69 Å². The number of rotatable bonds is 9. The summed E-state index contributed by atoms with van der Waals surface area (Å²) in [5.74, 6) is 0.697. The zero-order valence-corrected chi connectivity index (χ0v) is 16.4. The molecule has 28 heavy (non-hydrogen) atoms. The van der Waals surface area contributed by atoms with Crippen molar-refractivity contribution in [3.8, 4) is 0 Å². The van der Waals surface area contributed by atoms with Crippen molar-refractivity contribution in [2.45, 2.75) is 37.9 Å². The standard InChI is InChI=1S/C20H22N4O3S/c1-2-3-6-12-28-20-22-17-10-4-5-11-18(17)23(20)14-19(25)21-15-8-7-9-16(13-15)24(26)27/h4-5,7-11,13H,2-3,6,12,14H2,1H3,(H,21,25). The first-order valence-electron chi connectivity index (χ1n) is 9.21. The fourth-order valence-electron chi connectivity index (χ4n) is 2.87. The molecule has 7 nitrogen and oxygen atoms in total. The molecule has 146 valence electrons. The molecule has 1 N–H and O–H groups in total. The molecule has 0 aliphatic rings. The molecule has 3 aromatic rings. The summed E-state index contributed by atoms with van der Waals surface area (Å²) in [4.78, 5) is 27.7. The van der Waals surface area contributed by atoms with E-state index in [1.54, 1.807) is 23.9 Å². The summed E-state index contributed by atoms with van der Waals surface area (Å²) in [6.45, 7) is 2.26. The highest BCUT2D eigenvalue weighted by Gasteiger charge is 2.15. The molecule has 0 unspecified atom stereocenters. The lowest BCUT2D eigenvalue weighted by molar-refractivity contribution is -0.384. The average molecular weight is 398 g/mol. The molecule has 1 heterocycles. The van der Waals surface area contributed by atoms with Crippen molar-refractivity contribution >= 4 is 40.1 Å². The largest absolute Gasteiger partial charge is 0.324 e. The maximum atomic E-state index is 12.6. The van der Waals surface area contributed by atoms with E-state index in [1.165, 1.54) is 18.6 Å². The number of amides is 1. The Morgan fingerprint density at radius 3 is 2.82 bits per heavy atom. The van der Waals surface area contributed by atoms with Crippen LogP contribution < -0.4 is 5.32 Å². The molecule has 1 aromatic heterocycles. The van der Waals surface area contributed by atoms with E-state index in [0.717, 1.165) is 34.8 Å². The van der Waals surface area contributed by atoms with Gasteiger partial charge in [0.15, 0.2) is 5.16 Å². The van der Waals surface area contributed by atoms with Crippen LogP contribution in [-0.4, -0.2) is 26.1 Å². The van der Waals surface area contributed by atoms with Gasteiger partial charge >= 0.3 is 0 Å². The number of fused-ring (bicyclic) bond motifs is 1. The minimum atomic E-state index is -0.482. The zero-order chi connectivity index (χ0) is 19.9. The third kappa shape index (κ3) is 4.89. The number of carbonyl (C=O) groups is 1. The highest BCUT2D eigenvalue weighted by atomic mass is 32.2. The van der Waals surface area contributed by atoms with E-state index in [-0.39, 0.29) is 18.1 Å². The third-order valence-corrected chi connectivity index (χ3v) is 5.30. The molecule has 0 spiro atoms. The first kappa shape index (κ1) is 19.9. The molecule has 1 amide bonds. The van der Waals surface area contributed by atoms with Crippen molar-refractivity contribution in [3.05, 3.63) is 58.6 Å². The number of nitrogens with one attached hydrogen (secondary N) is 1. The number of nitro groups is 1. The van der Waals surface area contributed by atoms with Crippen LogP contribution in [0, 0.1) is 10.1 Å². The van der Waals surface area contributed by atoms with Crippen LogP contribution in [-0.2, 0) is 11.3 Å². The predicted octanol–water partition coefficient (Wildman–Crippen LogP) is 4.87. The van der Waals surface area contributed by atoms with E-state index in [1.807, 2.05) is 28.8 Å². The second kappa shape index (κ2) is 9.36. The van der Waals surface area contributed by atoms with Gasteiger partial charge in [0, 0.05) is 23.6 Å². The maximum absolute atomic E-state index is 12.6. The summed E-state index contributed by atoms with van der Waals surface area (Å²) in [7, 11) is 0. The van der Waals surface area contributed by atoms with Gasteiger partial charge in [0.2, 0.25) is 5.91 Å². The predicted molar refractivity (Wildman–Crippen MR) is 112 cm³/mol.